The molecule has 1 aliphatic heterocycles. The van der Waals surface area contributed by atoms with E-state index in [1.165, 1.54) is 12.1 Å². The maximum absolute atomic E-state index is 13.8. The van der Waals surface area contributed by atoms with Crippen LogP contribution < -0.4 is 5.43 Å². The van der Waals surface area contributed by atoms with Crippen LogP contribution in [0.2, 0.25) is 10.0 Å². The first kappa shape index (κ1) is 19.9. The van der Waals surface area contributed by atoms with E-state index in [0.29, 0.717) is 28.7 Å². The number of rotatable bonds is 4. The summed E-state index contributed by atoms with van der Waals surface area (Å²) >= 11 is 12.2. The van der Waals surface area contributed by atoms with Crippen molar-refractivity contribution in [2.45, 2.75) is 6.04 Å². The molecule has 0 N–H and O–H groups in total. The first-order chi connectivity index (χ1) is 13.8. The molecule has 29 heavy (non-hydrogen) atoms. The molecule has 4 rings (SSSR count). The van der Waals surface area contributed by atoms with Crippen molar-refractivity contribution in [1.82, 2.24) is 9.80 Å². The number of hydrogen-bond donors (Lipinski definition) is 0. The lowest BCUT2D eigenvalue weighted by Crippen LogP contribution is -2.35. The molecule has 8 heteroatoms. The lowest BCUT2D eigenvalue weighted by Gasteiger charge is -2.26. The summed E-state index contributed by atoms with van der Waals surface area (Å²) in [6.07, 6.45) is 0. The van der Waals surface area contributed by atoms with Gasteiger partial charge in [0.25, 0.3) is 5.91 Å². The van der Waals surface area contributed by atoms with Crippen LogP contribution >= 0.6 is 23.2 Å². The fraction of sp³-hybridized carbons (Fsp3) is 0.238. The minimum atomic E-state index is -0.698. The molecule has 0 aliphatic carbocycles. The Bertz CT molecular complexity index is 1190. The van der Waals surface area contributed by atoms with Crippen molar-refractivity contribution in [1.29, 1.82) is 0 Å². The fourth-order valence-corrected chi connectivity index (χ4v) is 3.87. The third-order valence-corrected chi connectivity index (χ3v) is 5.71. The molecular formula is C21H17Cl2FN2O3. The Balaban J connectivity index is 1.96. The van der Waals surface area contributed by atoms with Crippen LogP contribution in [0.15, 0.2) is 45.6 Å². The van der Waals surface area contributed by atoms with Gasteiger partial charge in [0.1, 0.15) is 11.4 Å². The van der Waals surface area contributed by atoms with Gasteiger partial charge in [0.15, 0.2) is 5.43 Å². The Hall–Kier alpha value is -2.41. The molecule has 1 amide bonds. The average Bonchev–Trinajstić information content (AvgIpc) is 2.95. The second-order valence-corrected chi connectivity index (χ2v) is 8.01. The predicted molar refractivity (Wildman–Crippen MR) is 110 cm³/mol. The number of amides is 1. The highest BCUT2D eigenvalue weighted by Crippen LogP contribution is 2.39. The third-order valence-electron chi connectivity index (χ3n) is 4.98. The van der Waals surface area contributed by atoms with Gasteiger partial charge >= 0.3 is 0 Å². The van der Waals surface area contributed by atoms with Crippen LogP contribution in [-0.4, -0.2) is 42.9 Å². The molecule has 5 nitrogen and oxygen atoms in total. The predicted octanol–water partition coefficient (Wildman–Crippen LogP) is 4.35. The van der Waals surface area contributed by atoms with Crippen LogP contribution in [0.1, 0.15) is 27.7 Å². The Morgan fingerprint density at radius 1 is 1.10 bits per heavy atom. The molecular weight excluding hydrogens is 418 g/mol. The van der Waals surface area contributed by atoms with Crippen molar-refractivity contribution in [3.63, 3.8) is 0 Å². The van der Waals surface area contributed by atoms with E-state index in [0.717, 1.165) is 6.07 Å². The van der Waals surface area contributed by atoms with Crippen LogP contribution in [0, 0.1) is 5.82 Å². The van der Waals surface area contributed by atoms with Gasteiger partial charge in [-0.2, -0.15) is 0 Å². The van der Waals surface area contributed by atoms with E-state index in [-0.39, 0.29) is 28.2 Å². The van der Waals surface area contributed by atoms with E-state index in [2.05, 4.69) is 0 Å². The number of nitrogens with zero attached hydrogens (tertiary/aromatic N) is 2. The SMILES string of the molecule is CN(C)CCN1C(=O)c2oc3ccc(F)cc3c(=O)c2[C@@H]1c1ccc(Cl)c(Cl)c1. The molecule has 150 valence electrons. The molecule has 2 aromatic carbocycles. The van der Waals surface area contributed by atoms with Crippen LogP contribution in [0.5, 0.6) is 0 Å². The van der Waals surface area contributed by atoms with Gasteiger partial charge in [-0.05, 0) is 50.0 Å². The van der Waals surface area contributed by atoms with E-state index < -0.39 is 17.3 Å². The highest BCUT2D eigenvalue weighted by molar-refractivity contribution is 6.42. The number of carbonyl (C=O) groups is 1. The molecule has 0 unspecified atom stereocenters. The molecule has 0 saturated heterocycles. The highest BCUT2D eigenvalue weighted by Gasteiger charge is 2.42. The van der Waals surface area contributed by atoms with Crippen molar-refractivity contribution >= 4 is 40.1 Å². The zero-order valence-corrected chi connectivity index (χ0v) is 17.2. The van der Waals surface area contributed by atoms with Gasteiger partial charge < -0.3 is 14.2 Å². The molecule has 2 heterocycles. The summed E-state index contributed by atoms with van der Waals surface area (Å²) < 4.78 is 19.5. The Kier molecular flexibility index (Phi) is 5.11. The summed E-state index contributed by atoms with van der Waals surface area (Å²) in [7, 11) is 3.78. The van der Waals surface area contributed by atoms with Crippen molar-refractivity contribution in [2.75, 3.05) is 27.2 Å². The number of fused-ring (bicyclic) bond motifs is 2. The summed E-state index contributed by atoms with van der Waals surface area (Å²) in [6, 6.07) is 7.95. The minimum absolute atomic E-state index is 0.0241. The average molecular weight is 435 g/mol. The van der Waals surface area contributed by atoms with E-state index >= 15 is 0 Å². The Labute approximate surface area is 176 Å². The molecule has 0 saturated carbocycles. The topological polar surface area (TPSA) is 53.8 Å². The monoisotopic (exact) mass is 434 g/mol. The maximum Gasteiger partial charge on any atom is 0.290 e. The highest BCUT2D eigenvalue weighted by atomic mass is 35.5. The quantitative estimate of drug-likeness (QED) is 0.612. The molecule has 0 radical (unpaired) electrons. The van der Waals surface area contributed by atoms with Gasteiger partial charge in [0.2, 0.25) is 5.76 Å². The second kappa shape index (κ2) is 7.44. The normalized spacial score (nSPS) is 16.1. The third kappa shape index (κ3) is 3.41. The van der Waals surface area contributed by atoms with Crippen LogP contribution in [-0.2, 0) is 0 Å². The lowest BCUT2D eigenvalue weighted by molar-refractivity contribution is 0.0716. The molecule has 0 bridgehead atoms. The van der Waals surface area contributed by atoms with Gasteiger partial charge in [0, 0.05) is 13.1 Å². The number of likely N-dealkylation sites (N-methyl/N-ethyl adjacent to an activating group) is 1. The number of carbonyl (C=O) groups excluding carboxylic acids is 1. The maximum atomic E-state index is 13.8. The van der Waals surface area contributed by atoms with Crippen molar-refractivity contribution < 1.29 is 13.6 Å². The first-order valence-electron chi connectivity index (χ1n) is 8.95. The molecule has 0 spiro atoms. The second-order valence-electron chi connectivity index (χ2n) is 7.19. The van der Waals surface area contributed by atoms with Crippen LogP contribution in [0.3, 0.4) is 0 Å². The van der Waals surface area contributed by atoms with Crippen molar-refractivity contribution in [3.8, 4) is 0 Å². The standard InChI is InChI=1S/C21H17Cl2FN2O3/c1-25(2)7-8-26-18(11-3-5-14(22)15(23)9-11)17-19(27)13-10-12(24)4-6-16(13)29-20(17)21(26)28/h3-6,9-10,18H,7-8H2,1-2H3/t18-/m0/s1. The fourth-order valence-electron chi connectivity index (χ4n) is 3.56. The molecule has 1 aliphatic rings. The number of benzene rings is 2. The van der Waals surface area contributed by atoms with Gasteiger partial charge in [-0.3, -0.25) is 9.59 Å². The van der Waals surface area contributed by atoms with Gasteiger partial charge in [-0.25, -0.2) is 4.39 Å². The Morgan fingerprint density at radius 3 is 2.55 bits per heavy atom. The van der Waals surface area contributed by atoms with Crippen LogP contribution in [0.4, 0.5) is 4.39 Å². The number of halogens is 3. The molecule has 1 atom stereocenters. The van der Waals surface area contributed by atoms with E-state index in [4.69, 9.17) is 27.6 Å². The van der Waals surface area contributed by atoms with Gasteiger partial charge in [-0.1, -0.05) is 29.3 Å². The number of hydrogen-bond acceptors (Lipinski definition) is 4. The molecule has 3 aromatic rings. The smallest absolute Gasteiger partial charge is 0.290 e. The lowest BCUT2D eigenvalue weighted by atomic mass is 9.98. The van der Waals surface area contributed by atoms with Crippen LogP contribution in [0.25, 0.3) is 11.0 Å². The largest absolute Gasteiger partial charge is 0.450 e. The van der Waals surface area contributed by atoms with Crippen molar-refractivity contribution in [3.05, 3.63) is 79.4 Å². The first-order valence-corrected chi connectivity index (χ1v) is 9.70. The Morgan fingerprint density at radius 2 is 1.86 bits per heavy atom. The van der Waals surface area contributed by atoms with E-state index in [9.17, 15) is 14.0 Å². The molecule has 0 fully saturated rings. The van der Waals surface area contributed by atoms with E-state index in [1.807, 2.05) is 19.0 Å². The zero-order valence-electron chi connectivity index (χ0n) is 15.7. The summed E-state index contributed by atoms with van der Waals surface area (Å²) in [5, 5.41) is 0.775. The van der Waals surface area contributed by atoms with Gasteiger partial charge in [-0.15, -0.1) is 0 Å². The summed E-state index contributed by atoms with van der Waals surface area (Å²) in [5.74, 6) is -0.963. The zero-order chi connectivity index (χ0) is 20.9. The summed E-state index contributed by atoms with van der Waals surface area (Å²) in [6.45, 7) is 0.949. The summed E-state index contributed by atoms with van der Waals surface area (Å²) in [4.78, 5) is 29.9. The molecule has 1 aromatic heterocycles. The van der Waals surface area contributed by atoms with Gasteiger partial charge in [0.05, 0.1) is 27.0 Å². The van der Waals surface area contributed by atoms with E-state index in [1.54, 1.807) is 23.1 Å². The van der Waals surface area contributed by atoms with Crippen molar-refractivity contribution in [2.24, 2.45) is 0 Å². The summed E-state index contributed by atoms with van der Waals surface area (Å²) in [5.41, 5.74) is 0.557. The minimum Gasteiger partial charge on any atom is -0.450 e.